The molecule has 0 spiro atoms. The van der Waals surface area contributed by atoms with E-state index in [-0.39, 0.29) is 123 Å². The van der Waals surface area contributed by atoms with Crippen LogP contribution in [0, 0.1) is 17.8 Å². The fraction of sp³-hybridized carbons (Fsp3) is 0.631. The minimum atomic E-state index is -1.88. The van der Waals surface area contributed by atoms with Gasteiger partial charge in [-0.2, -0.15) is 0 Å². The summed E-state index contributed by atoms with van der Waals surface area (Å²) in [5, 5.41) is 26.5. The van der Waals surface area contributed by atoms with Crippen LogP contribution in [0.5, 0.6) is 11.5 Å². The number of unbranched alkanes of at least 4 members (excludes halogenated alkanes) is 3. The Morgan fingerprint density at radius 1 is 0.425 bits per heavy atom. The largest absolute Gasteiger partial charge is 0.497 e. The molecule has 0 aliphatic carbocycles. The van der Waals surface area contributed by atoms with Crippen molar-refractivity contribution in [2.45, 2.75) is 226 Å². The summed E-state index contributed by atoms with van der Waals surface area (Å²) in [5.74, 6) is -7.61. The summed E-state index contributed by atoms with van der Waals surface area (Å²) < 4.78 is 87.5. The summed E-state index contributed by atoms with van der Waals surface area (Å²) in [5.41, 5.74) is 0.355. The number of rotatable bonds is 48. The molecule has 0 saturated carbocycles. The zero-order chi connectivity index (χ0) is 88.2. The molecule has 3 aromatic carbocycles. The Labute approximate surface area is 699 Å². The monoisotopic (exact) mass is 1690 g/mol. The molecular formula is C84H121N7O29. The minimum absolute atomic E-state index is 0.000337. The molecule has 6 N–H and O–H groups in total. The van der Waals surface area contributed by atoms with E-state index in [1.165, 1.54) is 86.3 Å². The first kappa shape index (κ1) is 98.9. The topological polar surface area (TPSA) is 447 Å². The zero-order valence-corrected chi connectivity index (χ0v) is 71.1. The smallest absolute Gasteiger partial charge is 0.303 e. The molecule has 666 valence electrons. The van der Waals surface area contributed by atoms with Crippen LogP contribution >= 0.6 is 0 Å². The zero-order valence-electron chi connectivity index (χ0n) is 71.1. The third-order valence-corrected chi connectivity index (χ3v) is 20.4. The molecule has 0 aromatic heterocycles. The van der Waals surface area contributed by atoms with E-state index in [0.717, 1.165) is 0 Å². The van der Waals surface area contributed by atoms with E-state index < -0.39 is 181 Å². The number of ether oxygens (including phenoxy) is 15. The molecule has 3 saturated heterocycles. The second-order valence-electron chi connectivity index (χ2n) is 29.7. The van der Waals surface area contributed by atoms with Crippen molar-refractivity contribution in [1.29, 1.82) is 0 Å². The van der Waals surface area contributed by atoms with E-state index in [1.807, 2.05) is 54.6 Å². The molecular weight excluding hydrogens is 1570 g/mol. The van der Waals surface area contributed by atoms with Gasteiger partial charge in [0, 0.05) is 158 Å². The second kappa shape index (κ2) is 50.3. The van der Waals surface area contributed by atoms with Crippen LogP contribution in [0.3, 0.4) is 0 Å². The molecule has 3 heterocycles. The van der Waals surface area contributed by atoms with Crippen molar-refractivity contribution in [3.8, 4) is 11.5 Å². The van der Waals surface area contributed by atoms with Gasteiger partial charge in [0.15, 0.2) is 25.0 Å². The minimum Gasteiger partial charge on any atom is -0.497 e. The molecule has 7 amide bonds. The third kappa shape index (κ3) is 31.6. The van der Waals surface area contributed by atoms with Crippen LogP contribution in [-0.2, 0) is 130 Å². The molecule has 3 fully saturated rings. The fourth-order valence-electron chi connectivity index (χ4n) is 14.5. The first-order chi connectivity index (χ1) is 57.1. The van der Waals surface area contributed by atoms with Gasteiger partial charge in [0.05, 0.1) is 39.0 Å². The van der Waals surface area contributed by atoms with Gasteiger partial charge in [-0.3, -0.25) is 62.3 Å². The maximum Gasteiger partial charge on any atom is 0.303 e. The molecule has 3 aliphatic heterocycles. The number of benzene rings is 3. The Hall–Kier alpha value is -9.95. The SMILES string of the molecule is COc1ccc(C(OCC(O)C(=O)N(CCNC(=O)CCCCO[C@@H]2OC(COC(C)=O)[C@H](OC(C)=O)[C@H](C)C2NC(C)=O)CCN(CCNC(=O)CCCCO[C@@H]2OC(COC(C)=O)[C@H](OC(C)=O)[C@H](C)C2NC(C)=O)C(=O)CCCCO[C@@H]2OC(COC(C)=O)[C@H](OC(C)=O)[C@H](C)C2NC(C)=O)(c2ccccc2)c2ccc(OC)cc2)cc1. The number of aliphatic hydroxyl groups is 1. The number of hydrogen-bond acceptors (Lipinski definition) is 29. The van der Waals surface area contributed by atoms with Crippen molar-refractivity contribution in [3.63, 3.8) is 0 Å². The third-order valence-electron chi connectivity index (χ3n) is 20.4. The van der Waals surface area contributed by atoms with Gasteiger partial charge in [0.1, 0.15) is 73.5 Å². The van der Waals surface area contributed by atoms with Gasteiger partial charge < -0.3 is 113 Å². The van der Waals surface area contributed by atoms with E-state index in [4.69, 9.17) is 71.1 Å². The first-order valence-corrected chi connectivity index (χ1v) is 40.5. The van der Waals surface area contributed by atoms with Crippen molar-refractivity contribution in [3.05, 3.63) is 95.6 Å². The summed E-state index contributed by atoms with van der Waals surface area (Å²) in [4.78, 5) is 170. The average Bonchev–Trinajstić information content (AvgIpc) is 0.753. The molecule has 0 bridgehead atoms. The quantitative estimate of drug-likeness (QED) is 0.0202. The molecule has 0 radical (unpaired) electrons. The number of carbonyl (C=O) groups is 13. The molecule has 3 aliphatic rings. The molecule has 3 aromatic rings. The van der Waals surface area contributed by atoms with Crippen LogP contribution in [0.4, 0.5) is 0 Å². The fourth-order valence-corrected chi connectivity index (χ4v) is 14.5. The van der Waals surface area contributed by atoms with Crippen molar-refractivity contribution < 1.29 is 138 Å². The van der Waals surface area contributed by atoms with Crippen molar-refractivity contribution in [2.75, 3.05) is 99.7 Å². The lowest BCUT2D eigenvalue weighted by Gasteiger charge is -2.44. The van der Waals surface area contributed by atoms with Crippen molar-refractivity contribution >= 4 is 77.2 Å². The average molecular weight is 1690 g/mol. The molecule has 16 atom stereocenters. The van der Waals surface area contributed by atoms with Gasteiger partial charge in [0.25, 0.3) is 5.91 Å². The predicted octanol–water partition coefficient (Wildman–Crippen LogP) is 3.90. The predicted molar refractivity (Wildman–Crippen MR) is 426 cm³/mol. The van der Waals surface area contributed by atoms with Crippen LogP contribution in [0.1, 0.15) is 158 Å². The highest BCUT2D eigenvalue weighted by molar-refractivity contribution is 5.82. The summed E-state index contributed by atoms with van der Waals surface area (Å²) >= 11 is 0. The maximum atomic E-state index is 15.2. The lowest BCUT2D eigenvalue weighted by atomic mass is 9.80. The van der Waals surface area contributed by atoms with Gasteiger partial charge >= 0.3 is 35.8 Å². The van der Waals surface area contributed by atoms with Gasteiger partial charge in [-0.15, -0.1) is 0 Å². The summed E-state index contributed by atoms with van der Waals surface area (Å²) in [7, 11) is 3.06. The highest BCUT2D eigenvalue weighted by atomic mass is 16.7. The number of methoxy groups -OCH3 is 2. The highest BCUT2D eigenvalue weighted by Crippen LogP contribution is 2.42. The number of nitrogens with one attached hydrogen (secondary N) is 5. The van der Waals surface area contributed by atoms with E-state index in [2.05, 4.69) is 26.6 Å². The Kier molecular flexibility index (Phi) is 41.5. The first-order valence-electron chi connectivity index (χ1n) is 40.5. The van der Waals surface area contributed by atoms with Gasteiger partial charge in [-0.25, -0.2) is 0 Å². The molecule has 36 nitrogen and oxygen atoms in total. The number of amides is 7. The van der Waals surface area contributed by atoms with Crippen LogP contribution < -0.4 is 36.1 Å². The summed E-state index contributed by atoms with van der Waals surface area (Å²) in [6, 6.07) is 21.0. The van der Waals surface area contributed by atoms with Gasteiger partial charge in [-0.05, 0) is 79.5 Å². The van der Waals surface area contributed by atoms with Crippen molar-refractivity contribution in [2.24, 2.45) is 17.8 Å². The van der Waals surface area contributed by atoms with Crippen LogP contribution in [0.2, 0.25) is 0 Å². The molecule has 6 rings (SSSR count). The van der Waals surface area contributed by atoms with E-state index >= 15 is 4.79 Å². The van der Waals surface area contributed by atoms with Crippen LogP contribution in [0.25, 0.3) is 0 Å². The van der Waals surface area contributed by atoms with E-state index in [0.29, 0.717) is 47.5 Å². The molecule has 7 unspecified atom stereocenters. The number of aliphatic hydroxyl groups excluding tert-OH is 1. The summed E-state index contributed by atoms with van der Waals surface area (Å²) in [6.45, 7) is 14.1. The maximum absolute atomic E-state index is 15.2. The van der Waals surface area contributed by atoms with Gasteiger partial charge in [0.2, 0.25) is 35.4 Å². The molecule has 120 heavy (non-hydrogen) atoms. The standard InChI is InChI=1S/C84H121N7O29/c1-50-74(87-53(4)92)81(118-68(47-111-56(7)95)77(50)115-59(10)98)108-43-21-18-26-71(102)85-37-39-90(73(104)28-20-23-45-110-83-76(89-55(6)94)52(3)79(117-61(12)100)70(120-83)49-113-58(9)97)41-42-91(40-38-86-72(103)27-19-22-44-109-82-75(88-54(5)93)51(2)78(116-60(11)99)69(119-82)48-112-57(8)96)80(105)67(101)46-114-84(62-24-16-15-17-25-62,63-29-33-65(106-13)34-30-63)64-31-35-66(107-14)36-32-64/h15-17,24-25,29-36,50-52,67-70,74-79,81-83,101H,18-23,26-28,37-49H2,1-14H3,(H,85,102)(H,86,103)(H,87,92)(H,88,93)(H,89,94)/t50-,51-,52-,67?,68?,69?,70?,74?,75?,76?,77-,78-,79-,81-,82-,83-/m1/s1. The number of nitrogens with zero attached hydrogens (tertiary/aromatic N) is 2. The van der Waals surface area contributed by atoms with E-state index in [9.17, 15) is 62.6 Å². The number of hydrogen-bond donors (Lipinski definition) is 6. The van der Waals surface area contributed by atoms with Crippen LogP contribution in [0.15, 0.2) is 78.9 Å². The Balaban J connectivity index is 1.23. The lowest BCUT2D eigenvalue weighted by molar-refractivity contribution is -0.262. The van der Waals surface area contributed by atoms with Crippen LogP contribution in [-0.4, -0.2) is 272 Å². The highest BCUT2D eigenvalue weighted by Gasteiger charge is 2.50. The Bertz CT molecular complexity index is 3770. The molecule has 36 heteroatoms. The van der Waals surface area contributed by atoms with Gasteiger partial charge in [-0.1, -0.05) is 75.4 Å². The Morgan fingerprint density at radius 3 is 1.09 bits per heavy atom. The number of carbonyl (C=O) groups excluding carboxylic acids is 13. The Morgan fingerprint density at radius 2 is 0.758 bits per heavy atom. The second-order valence-corrected chi connectivity index (χ2v) is 29.7. The van der Waals surface area contributed by atoms with Crippen molar-refractivity contribution in [1.82, 2.24) is 36.4 Å². The normalized spacial score (nSPS) is 22.9. The van der Waals surface area contributed by atoms with E-state index in [1.54, 1.807) is 45.0 Å². The number of esters is 6. The summed E-state index contributed by atoms with van der Waals surface area (Å²) in [6.07, 6.45) is -9.24. The lowest BCUT2D eigenvalue weighted by Crippen LogP contribution is -2.62.